The lowest BCUT2D eigenvalue weighted by atomic mass is 9.97. The lowest BCUT2D eigenvalue weighted by Crippen LogP contribution is -2.34. The summed E-state index contributed by atoms with van der Waals surface area (Å²) in [6, 6.07) is 0. The lowest BCUT2D eigenvalue weighted by molar-refractivity contribution is -0.157. The van der Waals surface area contributed by atoms with Crippen LogP contribution in [0.25, 0.3) is 0 Å². The number of rotatable bonds is 5. The monoisotopic (exact) mass is 283 g/mol. The quantitative estimate of drug-likeness (QED) is 0.739. The first kappa shape index (κ1) is 16.2. The molecule has 112 valence electrons. The molecule has 2 N–H and O–H groups in total. The van der Waals surface area contributed by atoms with Gasteiger partial charge >= 0.3 is 11.9 Å². The number of nitrogens with zero attached hydrogens (tertiary/aromatic N) is 1. The number of aliphatic hydroxyl groups is 1. The van der Waals surface area contributed by atoms with Crippen LogP contribution in [-0.2, 0) is 14.3 Å². The van der Waals surface area contributed by atoms with Crippen LogP contribution in [0.15, 0.2) is 24.6 Å². The number of carboxylic acids is 1. The van der Waals surface area contributed by atoms with Gasteiger partial charge in [0.25, 0.3) is 0 Å². The highest BCUT2D eigenvalue weighted by Crippen LogP contribution is 2.22. The van der Waals surface area contributed by atoms with E-state index in [1.165, 1.54) is 12.2 Å². The zero-order valence-electron chi connectivity index (χ0n) is 12.0. The molecule has 0 aliphatic carbocycles. The van der Waals surface area contributed by atoms with Gasteiger partial charge in [0.2, 0.25) is 0 Å². The average molecular weight is 283 g/mol. The first-order valence-electron chi connectivity index (χ1n) is 6.40. The van der Waals surface area contributed by atoms with Crippen molar-refractivity contribution in [3.8, 4) is 0 Å². The van der Waals surface area contributed by atoms with Crippen molar-refractivity contribution in [2.45, 2.75) is 44.8 Å². The van der Waals surface area contributed by atoms with Crippen molar-refractivity contribution in [2.75, 3.05) is 6.54 Å². The number of carbonyl (C=O) groups excluding carboxylic acids is 1. The van der Waals surface area contributed by atoms with Crippen LogP contribution in [0, 0.1) is 0 Å². The molecule has 6 heteroatoms. The molecule has 0 bridgehead atoms. The van der Waals surface area contributed by atoms with Gasteiger partial charge in [-0.15, -0.1) is 0 Å². The van der Waals surface area contributed by atoms with E-state index in [4.69, 9.17) is 9.84 Å². The molecule has 1 aliphatic heterocycles. The van der Waals surface area contributed by atoms with E-state index in [0.29, 0.717) is 6.54 Å². The molecule has 1 heterocycles. The van der Waals surface area contributed by atoms with Crippen molar-refractivity contribution in [3.63, 3.8) is 0 Å². The third-order valence-corrected chi connectivity index (χ3v) is 2.54. The molecule has 0 radical (unpaired) electrons. The van der Waals surface area contributed by atoms with E-state index in [1.807, 2.05) is 0 Å². The van der Waals surface area contributed by atoms with Gasteiger partial charge in [-0.05, 0) is 32.9 Å². The lowest BCUT2D eigenvalue weighted by Gasteiger charge is -2.28. The van der Waals surface area contributed by atoms with Crippen LogP contribution in [0.1, 0.15) is 33.6 Å². The van der Waals surface area contributed by atoms with Gasteiger partial charge in [-0.1, -0.05) is 0 Å². The minimum atomic E-state index is -1.39. The van der Waals surface area contributed by atoms with Gasteiger partial charge in [-0.2, -0.15) is 0 Å². The van der Waals surface area contributed by atoms with Crippen LogP contribution in [0.2, 0.25) is 0 Å². The summed E-state index contributed by atoms with van der Waals surface area (Å²) in [6.07, 6.45) is 5.86. The zero-order valence-corrected chi connectivity index (χ0v) is 12.0. The van der Waals surface area contributed by atoms with E-state index in [9.17, 15) is 14.7 Å². The Bertz CT molecular complexity index is 419. The molecule has 1 rings (SSSR count). The summed E-state index contributed by atoms with van der Waals surface area (Å²) in [5.74, 6) is -1.38. The SMILES string of the molecule is CC(C)(C)OC(=O)CC1(O)C=CN(CCC(=O)O)C=C1. The summed E-state index contributed by atoms with van der Waals surface area (Å²) in [4.78, 5) is 23.8. The molecule has 0 unspecified atom stereocenters. The number of hydrogen-bond donors (Lipinski definition) is 2. The Balaban J connectivity index is 2.53. The van der Waals surface area contributed by atoms with E-state index in [2.05, 4.69) is 0 Å². The molecule has 0 aromatic carbocycles. The van der Waals surface area contributed by atoms with Gasteiger partial charge in [0.15, 0.2) is 0 Å². The van der Waals surface area contributed by atoms with E-state index in [0.717, 1.165) is 0 Å². The Morgan fingerprint density at radius 1 is 1.25 bits per heavy atom. The second-order valence-electron chi connectivity index (χ2n) is 5.77. The van der Waals surface area contributed by atoms with Crippen molar-refractivity contribution >= 4 is 11.9 Å². The fourth-order valence-electron chi connectivity index (χ4n) is 1.66. The van der Waals surface area contributed by atoms with Gasteiger partial charge in [0.05, 0.1) is 12.8 Å². The highest BCUT2D eigenvalue weighted by atomic mass is 16.6. The van der Waals surface area contributed by atoms with Crippen LogP contribution in [0.5, 0.6) is 0 Å². The summed E-state index contributed by atoms with van der Waals surface area (Å²) < 4.78 is 5.15. The smallest absolute Gasteiger partial charge is 0.309 e. The van der Waals surface area contributed by atoms with Gasteiger partial charge in [-0.3, -0.25) is 9.59 Å². The van der Waals surface area contributed by atoms with E-state index < -0.39 is 23.1 Å². The molecular formula is C14H21NO5. The second-order valence-corrected chi connectivity index (χ2v) is 5.77. The maximum atomic E-state index is 11.7. The number of carbonyl (C=O) groups is 2. The van der Waals surface area contributed by atoms with Gasteiger partial charge in [-0.25, -0.2) is 0 Å². The molecule has 0 aromatic rings. The molecule has 0 saturated carbocycles. The fourth-order valence-corrected chi connectivity index (χ4v) is 1.66. The highest BCUT2D eigenvalue weighted by Gasteiger charge is 2.29. The third kappa shape index (κ3) is 5.88. The largest absolute Gasteiger partial charge is 0.481 e. The Morgan fingerprint density at radius 2 is 1.80 bits per heavy atom. The van der Waals surface area contributed by atoms with Gasteiger partial charge in [0.1, 0.15) is 11.2 Å². The average Bonchev–Trinajstić information content (AvgIpc) is 2.24. The first-order valence-corrected chi connectivity index (χ1v) is 6.40. The van der Waals surface area contributed by atoms with Crippen LogP contribution >= 0.6 is 0 Å². The second kappa shape index (κ2) is 6.09. The Kier molecular flexibility index (Phi) is 4.94. The van der Waals surface area contributed by atoms with Crippen LogP contribution in [0.4, 0.5) is 0 Å². The van der Waals surface area contributed by atoms with Crippen molar-refractivity contribution < 1.29 is 24.5 Å². The number of ether oxygens (including phenoxy) is 1. The normalized spacial score (nSPS) is 17.1. The van der Waals surface area contributed by atoms with E-state index in [1.54, 1.807) is 38.1 Å². The molecule has 0 aromatic heterocycles. The topological polar surface area (TPSA) is 87.1 Å². The Labute approximate surface area is 118 Å². The summed E-state index contributed by atoms with van der Waals surface area (Å²) in [6.45, 7) is 5.59. The number of esters is 1. The summed E-state index contributed by atoms with van der Waals surface area (Å²) >= 11 is 0. The predicted molar refractivity (Wildman–Crippen MR) is 72.7 cm³/mol. The Morgan fingerprint density at radius 3 is 2.25 bits per heavy atom. The molecule has 6 nitrogen and oxygen atoms in total. The fraction of sp³-hybridized carbons (Fsp3) is 0.571. The third-order valence-electron chi connectivity index (χ3n) is 2.54. The molecule has 0 fully saturated rings. The minimum absolute atomic E-state index is 0.000819. The molecule has 0 saturated heterocycles. The maximum Gasteiger partial charge on any atom is 0.309 e. The number of hydrogen-bond acceptors (Lipinski definition) is 5. The van der Waals surface area contributed by atoms with E-state index >= 15 is 0 Å². The molecule has 0 atom stereocenters. The molecule has 0 amide bonds. The molecule has 1 aliphatic rings. The van der Waals surface area contributed by atoms with Gasteiger partial charge < -0.3 is 19.8 Å². The van der Waals surface area contributed by atoms with Crippen molar-refractivity contribution in [3.05, 3.63) is 24.6 Å². The highest BCUT2D eigenvalue weighted by molar-refractivity contribution is 5.72. The van der Waals surface area contributed by atoms with Crippen molar-refractivity contribution in [1.82, 2.24) is 4.90 Å². The molecular weight excluding hydrogens is 262 g/mol. The zero-order chi connectivity index (χ0) is 15.4. The van der Waals surface area contributed by atoms with Crippen LogP contribution in [0.3, 0.4) is 0 Å². The predicted octanol–water partition coefficient (Wildman–Crippen LogP) is 1.27. The van der Waals surface area contributed by atoms with Crippen molar-refractivity contribution in [1.29, 1.82) is 0 Å². The summed E-state index contributed by atoms with van der Waals surface area (Å²) in [5, 5.41) is 18.8. The Hall–Kier alpha value is -1.82. The first-order chi connectivity index (χ1) is 9.10. The molecule has 0 spiro atoms. The number of carboxylic acid groups (broad SMARTS) is 1. The van der Waals surface area contributed by atoms with Crippen LogP contribution < -0.4 is 0 Å². The van der Waals surface area contributed by atoms with E-state index in [-0.39, 0.29) is 12.8 Å². The maximum absolute atomic E-state index is 11.7. The van der Waals surface area contributed by atoms with Crippen LogP contribution in [-0.4, -0.2) is 44.8 Å². The standard InChI is InChI=1S/C14H21NO5/c1-13(2,3)20-12(18)10-14(19)5-8-15(9-6-14)7-4-11(16)17/h5-6,8-9,19H,4,7,10H2,1-3H3,(H,16,17). The molecule has 20 heavy (non-hydrogen) atoms. The summed E-state index contributed by atoms with van der Waals surface area (Å²) in [7, 11) is 0. The van der Waals surface area contributed by atoms with Gasteiger partial charge in [0, 0.05) is 18.9 Å². The van der Waals surface area contributed by atoms with Crippen molar-refractivity contribution in [2.24, 2.45) is 0 Å². The number of aliphatic carboxylic acids is 1. The summed E-state index contributed by atoms with van der Waals surface area (Å²) in [5.41, 5.74) is -1.98. The minimum Gasteiger partial charge on any atom is -0.481 e.